The molecule has 0 unspecified atom stereocenters. The Balaban J connectivity index is 1.98. The van der Waals surface area contributed by atoms with Crippen LogP contribution in [0, 0.1) is 10.1 Å². The highest BCUT2D eigenvalue weighted by atomic mass is 16.6. The monoisotopic (exact) mass is 329 g/mol. The van der Waals surface area contributed by atoms with Gasteiger partial charge in [-0.25, -0.2) is 5.43 Å². The third kappa shape index (κ3) is 4.29. The standard InChI is InChI=1S/C16H15N3O5/c1-24-15-7-6-11(8-14(15)20)10-17-18-16(21)9-12-4-2-3-5-13(12)19(22)23/h2-8,10,20H,9H2,1H3,(H,18,21). The molecule has 0 aliphatic heterocycles. The molecule has 0 spiro atoms. The van der Waals surface area contributed by atoms with Crippen LogP contribution in [0.5, 0.6) is 11.5 Å². The smallest absolute Gasteiger partial charge is 0.273 e. The zero-order chi connectivity index (χ0) is 17.5. The number of phenols is 1. The Morgan fingerprint density at radius 1 is 1.38 bits per heavy atom. The number of aromatic hydroxyl groups is 1. The van der Waals surface area contributed by atoms with Crippen molar-refractivity contribution < 1.29 is 19.6 Å². The van der Waals surface area contributed by atoms with E-state index in [0.717, 1.165) is 0 Å². The minimum Gasteiger partial charge on any atom is -0.504 e. The van der Waals surface area contributed by atoms with Crippen molar-refractivity contribution in [2.24, 2.45) is 5.10 Å². The fraction of sp³-hybridized carbons (Fsp3) is 0.125. The first-order valence-corrected chi connectivity index (χ1v) is 6.92. The molecule has 2 N–H and O–H groups in total. The summed E-state index contributed by atoms with van der Waals surface area (Å²) in [4.78, 5) is 22.2. The van der Waals surface area contributed by atoms with E-state index in [9.17, 15) is 20.0 Å². The topological polar surface area (TPSA) is 114 Å². The van der Waals surface area contributed by atoms with Crippen LogP contribution in [-0.2, 0) is 11.2 Å². The van der Waals surface area contributed by atoms with Crippen LogP contribution in [0.2, 0.25) is 0 Å². The van der Waals surface area contributed by atoms with E-state index >= 15 is 0 Å². The molecule has 0 atom stereocenters. The summed E-state index contributed by atoms with van der Waals surface area (Å²) in [6.07, 6.45) is 1.18. The van der Waals surface area contributed by atoms with Crippen LogP contribution < -0.4 is 10.2 Å². The molecule has 0 heterocycles. The highest BCUT2D eigenvalue weighted by Gasteiger charge is 2.14. The molecular weight excluding hydrogens is 314 g/mol. The fourth-order valence-corrected chi connectivity index (χ4v) is 2.02. The van der Waals surface area contributed by atoms with E-state index in [0.29, 0.717) is 16.9 Å². The summed E-state index contributed by atoms with van der Waals surface area (Å²) in [6.45, 7) is 0. The van der Waals surface area contributed by atoms with E-state index in [1.165, 1.54) is 37.6 Å². The number of nitrogens with one attached hydrogen (secondary N) is 1. The van der Waals surface area contributed by atoms with E-state index in [1.54, 1.807) is 18.2 Å². The molecule has 2 aromatic carbocycles. The molecule has 0 fully saturated rings. The quantitative estimate of drug-likeness (QED) is 0.478. The maximum absolute atomic E-state index is 11.8. The number of hydrazone groups is 1. The van der Waals surface area contributed by atoms with Gasteiger partial charge in [-0.2, -0.15) is 5.10 Å². The molecule has 0 aromatic heterocycles. The molecular formula is C16H15N3O5. The number of amides is 1. The molecule has 2 aromatic rings. The number of phenolic OH excluding ortho intramolecular Hbond substituents is 1. The molecule has 2 rings (SSSR count). The Labute approximate surface area is 137 Å². The minimum absolute atomic E-state index is 0.0484. The van der Waals surface area contributed by atoms with Gasteiger partial charge in [-0.15, -0.1) is 0 Å². The molecule has 1 amide bonds. The maximum atomic E-state index is 11.8. The minimum atomic E-state index is -0.536. The predicted octanol–water partition coefficient (Wildman–Crippen LogP) is 2.00. The van der Waals surface area contributed by atoms with Gasteiger partial charge in [0, 0.05) is 11.6 Å². The van der Waals surface area contributed by atoms with E-state index < -0.39 is 10.8 Å². The SMILES string of the molecule is COc1ccc(C=NNC(=O)Cc2ccccc2[N+](=O)[O-])cc1O. The number of carbonyl (C=O) groups is 1. The molecule has 0 saturated heterocycles. The van der Waals surface area contributed by atoms with Crippen molar-refractivity contribution in [3.8, 4) is 11.5 Å². The Bertz CT molecular complexity index is 789. The zero-order valence-electron chi connectivity index (χ0n) is 12.8. The van der Waals surface area contributed by atoms with Crippen molar-refractivity contribution in [3.63, 3.8) is 0 Å². The van der Waals surface area contributed by atoms with Gasteiger partial charge in [0.1, 0.15) is 0 Å². The summed E-state index contributed by atoms with van der Waals surface area (Å²) in [5.41, 5.74) is 3.03. The fourth-order valence-electron chi connectivity index (χ4n) is 2.02. The molecule has 124 valence electrons. The van der Waals surface area contributed by atoms with Gasteiger partial charge in [-0.3, -0.25) is 14.9 Å². The molecule has 8 nitrogen and oxygen atoms in total. The van der Waals surface area contributed by atoms with Gasteiger partial charge in [0.15, 0.2) is 11.5 Å². The van der Waals surface area contributed by atoms with Gasteiger partial charge in [0.25, 0.3) is 5.69 Å². The number of carbonyl (C=O) groups excluding carboxylic acids is 1. The van der Waals surface area contributed by atoms with Crippen LogP contribution in [0.25, 0.3) is 0 Å². The first-order valence-electron chi connectivity index (χ1n) is 6.92. The van der Waals surface area contributed by atoms with E-state index in [4.69, 9.17) is 4.74 Å². The number of methoxy groups -OCH3 is 1. The number of rotatable bonds is 6. The van der Waals surface area contributed by atoms with Crippen LogP contribution in [0.1, 0.15) is 11.1 Å². The molecule has 0 radical (unpaired) electrons. The van der Waals surface area contributed by atoms with Crippen molar-refractivity contribution >= 4 is 17.8 Å². The lowest BCUT2D eigenvalue weighted by Gasteiger charge is -2.03. The second-order valence-corrected chi connectivity index (χ2v) is 4.79. The van der Waals surface area contributed by atoms with Gasteiger partial charge in [-0.1, -0.05) is 18.2 Å². The highest BCUT2D eigenvalue weighted by Crippen LogP contribution is 2.25. The third-order valence-electron chi connectivity index (χ3n) is 3.15. The lowest BCUT2D eigenvalue weighted by atomic mass is 10.1. The summed E-state index contributed by atoms with van der Waals surface area (Å²) in [5.74, 6) is -0.210. The average molecular weight is 329 g/mol. The molecule has 0 saturated carbocycles. The van der Waals surface area contributed by atoms with Gasteiger partial charge < -0.3 is 9.84 Å². The van der Waals surface area contributed by atoms with Crippen molar-refractivity contribution in [1.29, 1.82) is 0 Å². The Morgan fingerprint density at radius 2 is 2.12 bits per heavy atom. The summed E-state index contributed by atoms with van der Waals surface area (Å²) >= 11 is 0. The molecule has 0 aliphatic carbocycles. The number of nitrogens with zero attached hydrogens (tertiary/aromatic N) is 2. The first-order chi connectivity index (χ1) is 11.5. The molecule has 0 bridgehead atoms. The summed E-state index contributed by atoms with van der Waals surface area (Å²) in [7, 11) is 1.44. The summed E-state index contributed by atoms with van der Waals surface area (Å²) < 4.78 is 4.92. The van der Waals surface area contributed by atoms with Gasteiger partial charge >= 0.3 is 0 Å². The van der Waals surface area contributed by atoms with Gasteiger partial charge in [0.2, 0.25) is 5.91 Å². The molecule has 24 heavy (non-hydrogen) atoms. The normalized spacial score (nSPS) is 10.5. The van der Waals surface area contributed by atoms with Crippen molar-refractivity contribution in [1.82, 2.24) is 5.43 Å². The number of para-hydroxylation sites is 1. The van der Waals surface area contributed by atoms with Gasteiger partial charge in [-0.05, 0) is 23.8 Å². The number of hydrogen-bond acceptors (Lipinski definition) is 6. The van der Waals surface area contributed by atoms with E-state index in [-0.39, 0.29) is 17.9 Å². The summed E-state index contributed by atoms with van der Waals surface area (Å²) in [6, 6.07) is 10.7. The lowest BCUT2D eigenvalue weighted by Crippen LogP contribution is -2.20. The van der Waals surface area contributed by atoms with Crippen molar-refractivity contribution in [3.05, 3.63) is 63.7 Å². The van der Waals surface area contributed by atoms with E-state index in [2.05, 4.69) is 10.5 Å². The third-order valence-corrected chi connectivity index (χ3v) is 3.15. The van der Waals surface area contributed by atoms with Crippen LogP contribution in [-0.4, -0.2) is 29.3 Å². The lowest BCUT2D eigenvalue weighted by molar-refractivity contribution is -0.385. The second kappa shape index (κ2) is 7.73. The second-order valence-electron chi connectivity index (χ2n) is 4.79. The molecule has 0 aliphatic rings. The Kier molecular flexibility index (Phi) is 5.45. The van der Waals surface area contributed by atoms with Crippen LogP contribution >= 0.6 is 0 Å². The zero-order valence-corrected chi connectivity index (χ0v) is 12.8. The predicted molar refractivity (Wildman–Crippen MR) is 87.2 cm³/mol. The van der Waals surface area contributed by atoms with Crippen LogP contribution in [0.3, 0.4) is 0 Å². The van der Waals surface area contributed by atoms with Crippen LogP contribution in [0.4, 0.5) is 5.69 Å². The van der Waals surface area contributed by atoms with Crippen molar-refractivity contribution in [2.75, 3.05) is 7.11 Å². The van der Waals surface area contributed by atoms with E-state index in [1.807, 2.05) is 0 Å². The number of hydrogen-bond donors (Lipinski definition) is 2. The number of nitro benzene ring substituents is 1. The average Bonchev–Trinajstić information content (AvgIpc) is 2.55. The van der Waals surface area contributed by atoms with Gasteiger partial charge in [0.05, 0.1) is 24.7 Å². The number of ether oxygens (including phenoxy) is 1. The number of benzene rings is 2. The Morgan fingerprint density at radius 3 is 2.79 bits per heavy atom. The van der Waals surface area contributed by atoms with Crippen LogP contribution in [0.15, 0.2) is 47.6 Å². The van der Waals surface area contributed by atoms with Crippen molar-refractivity contribution in [2.45, 2.75) is 6.42 Å². The largest absolute Gasteiger partial charge is 0.504 e. The maximum Gasteiger partial charge on any atom is 0.273 e. The first kappa shape index (κ1) is 16.9. The molecule has 8 heteroatoms. The number of nitro groups is 1. The highest BCUT2D eigenvalue weighted by molar-refractivity contribution is 5.84. The summed E-state index contributed by atoms with van der Waals surface area (Å²) in [5, 5.41) is 24.3. The Hall–Kier alpha value is -3.42.